The zero-order chi connectivity index (χ0) is 31.9. The number of H-pyrrole nitrogens is 1. The second kappa shape index (κ2) is 17.0. The summed E-state index contributed by atoms with van der Waals surface area (Å²) in [4.78, 5) is 63.1. The van der Waals surface area contributed by atoms with Crippen molar-refractivity contribution in [1.82, 2.24) is 25.9 Å². The molecule has 0 spiro atoms. The lowest BCUT2D eigenvalue weighted by Crippen LogP contribution is -2.58. The van der Waals surface area contributed by atoms with Crippen LogP contribution in [-0.4, -0.2) is 70.3 Å². The Labute approximate surface area is 255 Å². The van der Waals surface area contributed by atoms with Crippen molar-refractivity contribution in [1.29, 1.82) is 0 Å². The second-order valence-corrected chi connectivity index (χ2v) is 10.3. The minimum absolute atomic E-state index is 0.0792. The van der Waals surface area contributed by atoms with Gasteiger partial charge in [0.1, 0.15) is 18.1 Å². The van der Waals surface area contributed by atoms with Gasteiger partial charge in [0.05, 0.1) is 12.4 Å². The predicted molar refractivity (Wildman–Crippen MR) is 165 cm³/mol. The van der Waals surface area contributed by atoms with Crippen LogP contribution in [0.4, 0.5) is 0 Å². The van der Waals surface area contributed by atoms with E-state index in [0.29, 0.717) is 12.1 Å². The molecule has 0 fully saturated rings. The molecule has 4 amide bonds. The number of hydrogen-bond acceptors (Lipinski definition) is 7. The molecule has 0 aliphatic carbocycles. The first kappa shape index (κ1) is 33.3. The molecule has 1 aromatic heterocycles. The summed E-state index contributed by atoms with van der Waals surface area (Å²) in [6.45, 7) is 0.222. The van der Waals surface area contributed by atoms with E-state index in [2.05, 4.69) is 30.9 Å². The molecule has 0 aliphatic heterocycles. The van der Waals surface area contributed by atoms with Crippen molar-refractivity contribution < 1.29 is 19.2 Å². The van der Waals surface area contributed by atoms with Crippen LogP contribution in [0.25, 0.3) is 0 Å². The maximum Gasteiger partial charge on any atom is 0.243 e. The van der Waals surface area contributed by atoms with Crippen molar-refractivity contribution in [3.8, 4) is 0 Å². The number of nitrogens with one attached hydrogen (secondary N) is 4. The fourth-order valence-corrected chi connectivity index (χ4v) is 4.45. The van der Waals surface area contributed by atoms with Gasteiger partial charge in [-0.05, 0) is 30.4 Å². The number of aliphatic imine (C=N–C) groups is 1. The van der Waals surface area contributed by atoms with E-state index in [1.54, 1.807) is 24.3 Å². The fourth-order valence-electron chi connectivity index (χ4n) is 4.45. The Morgan fingerprint density at radius 2 is 1.32 bits per heavy atom. The van der Waals surface area contributed by atoms with E-state index in [4.69, 9.17) is 22.9 Å². The maximum absolute atomic E-state index is 13.6. The average molecular weight is 605 g/mol. The third-order valence-corrected chi connectivity index (χ3v) is 6.77. The Hall–Kier alpha value is -5.24. The van der Waals surface area contributed by atoms with Gasteiger partial charge in [0, 0.05) is 31.3 Å². The number of benzene rings is 2. The summed E-state index contributed by atoms with van der Waals surface area (Å²) in [7, 11) is 0. The van der Waals surface area contributed by atoms with Gasteiger partial charge < -0.3 is 43.9 Å². The van der Waals surface area contributed by atoms with Crippen LogP contribution in [0.2, 0.25) is 0 Å². The molecule has 44 heavy (non-hydrogen) atoms. The molecule has 0 saturated carbocycles. The molecule has 14 heteroatoms. The second-order valence-electron chi connectivity index (χ2n) is 10.3. The van der Waals surface area contributed by atoms with E-state index in [0.717, 1.165) is 11.1 Å². The number of imidazole rings is 1. The van der Waals surface area contributed by atoms with Crippen molar-refractivity contribution in [2.75, 3.05) is 6.54 Å². The minimum atomic E-state index is -1.11. The summed E-state index contributed by atoms with van der Waals surface area (Å²) < 4.78 is 0. The smallest absolute Gasteiger partial charge is 0.243 e. The molecule has 1 heterocycles. The van der Waals surface area contributed by atoms with E-state index < -0.39 is 47.8 Å². The Morgan fingerprint density at radius 3 is 1.89 bits per heavy atom. The van der Waals surface area contributed by atoms with Gasteiger partial charge in [-0.2, -0.15) is 0 Å². The number of primary amides is 1. The largest absolute Gasteiger partial charge is 0.370 e. The number of amides is 4. The molecule has 234 valence electrons. The first-order valence-corrected chi connectivity index (χ1v) is 14.2. The van der Waals surface area contributed by atoms with E-state index >= 15 is 0 Å². The number of aromatic nitrogens is 2. The molecule has 12 N–H and O–H groups in total. The molecule has 0 aliphatic rings. The Kier molecular flexibility index (Phi) is 12.9. The number of carbonyl (C=O) groups is 4. The normalized spacial score (nSPS) is 13.5. The highest BCUT2D eigenvalue weighted by Crippen LogP contribution is 2.08. The molecular weight excluding hydrogens is 564 g/mol. The number of nitrogens with zero attached hydrogens (tertiary/aromatic N) is 2. The van der Waals surface area contributed by atoms with Crippen molar-refractivity contribution >= 4 is 29.6 Å². The fraction of sp³-hybridized carbons (Fsp3) is 0.333. The maximum atomic E-state index is 13.6. The predicted octanol–water partition coefficient (Wildman–Crippen LogP) is -1.24. The van der Waals surface area contributed by atoms with E-state index in [-0.39, 0.29) is 38.2 Å². The number of hydrogen-bond donors (Lipinski definition) is 8. The van der Waals surface area contributed by atoms with Gasteiger partial charge in [0.2, 0.25) is 23.6 Å². The van der Waals surface area contributed by atoms with Gasteiger partial charge in [-0.3, -0.25) is 24.2 Å². The lowest BCUT2D eigenvalue weighted by atomic mass is 10.0. The Morgan fingerprint density at radius 1 is 0.750 bits per heavy atom. The summed E-state index contributed by atoms with van der Waals surface area (Å²) >= 11 is 0. The summed E-state index contributed by atoms with van der Waals surface area (Å²) in [5.74, 6) is -2.63. The van der Waals surface area contributed by atoms with Crippen LogP contribution >= 0.6 is 0 Å². The molecule has 2 aromatic carbocycles. The quantitative estimate of drug-likeness (QED) is 0.0524. The third kappa shape index (κ3) is 11.2. The molecular formula is C30H40N10O4. The first-order chi connectivity index (χ1) is 21.1. The number of aromatic amines is 1. The van der Waals surface area contributed by atoms with Crippen LogP contribution in [0.1, 0.15) is 29.7 Å². The molecule has 0 radical (unpaired) electrons. The van der Waals surface area contributed by atoms with Crippen LogP contribution in [0.15, 0.2) is 78.2 Å². The number of rotatable bonds is 17. The lowest BCUT2D eigenvalue weighted by molar-refractivity contribution is -0.133. The van der Waals surface area contributed by atoms with Crippen LogP contribution in [-0.2, 0) is 38.4 Å². The monoisotopic (exact) mass is 604 g/mol. The van der Waals surface area contributed by atoms with Crippen LogP contribution in [0.3, 0.4) is 0 Å². The molecule has 0 saturated heterocycles. The number of nitrogens with two attached hydrogens (primary N) is 4. The van der Waals surface area contributed by atoms with Gasteiger partial charge in [-0.25, -0.2) is 4.98 Å². The number of guanidine groups is 1. The van der Waals surface area contributed by atoms with E-state index in [1.807, 2.05) is 36.4 Å². The topological polar surface area (TPSA) is 249 Å². The standard InChI is InChI=1S/C30H40N10O4/c31-22(14-19-8-3-1-4-9-19)27(42)38-23(12-7-13-36-30(33)34)28(43)40-25(15-20-10-5-2-6-11-20)29(44)39-24(26(32)41)16-21-17-35-18-37-21/h1-6,8-11,17-18,22-25H,7,12-16,31H2,(H2,32,41)(H,35,37)(H,38,42)(H,39,44)(H,40,43)(H4,33,34,36). The van der Waals surface area contributed by atoms with Gasteiger partial charge in [0.15, 0.2) is 5.96 Å². The summed E-state index contributed by atoms with van der Waals surface area (Å²) in [6, 6.07) is 14.1. The number of carbonyl (C=O) groups excluding carboxylic acids is 4. The summed E-state index contributed by atoms with van der Waals surface area (Å²) in [5, 5.41) is 8.11. The van der Waals surface area contributed by atoms with Crippen molar-refractivity contribution in [3.63, 3.8) is 0 Å². The highest BCUT2D eigenvalue weighted by molar-refractivity contribution is 5.94. The third-order valence-electron chi connectivity index (χ3n) is 6.77. The minimum Gasteiger partial charge on any atom is -0.370 e. The van der Waals surface area contributed by atoms with Crippen molar-refractivity contribution in [2.24, 2.45) is 27.9 Å². The Balaban J connectivity index is 1.77. The molecule has 4 unspecified atom stereocenters. The molecule has 3 rings (SSSR count). The zero-order valence-corrected chi connectivity index (χ0v) is 24.3. The summed E-state index contributed by atoms with van der Waals surface area (Å²) in [6.07, 6.45) is 3.93. The van der Waals surface area contributed by atoms with E-state index in [1.165, 1.54) is 12.5 Å². The molecule has 14 nitrogen and oxygen atoms in total. The van der Waals surface area contributed by atoms with E-state index in [9.17, 15) is 19.2 Å². The van der Waals surface area contributed by atoms with Crippen LogP contribution in [0, 0.1) is 0 Å². The highest BCUT2D eigenvalue weighted by atomic mass is 16.2. The van der Waals surface area contributed by atoms with Gasteiger partial charge in [0.25, 0.3) is 0 Å². The summed E-state index contributed by atoms with van der Waals surface area (Å²) in [5.41, 5.74) is 24.8. The van der Waals surface area contributed by atoms with Gasteiger partial charge in [-0.1, -0.05) is 60.7 Å². The SMILES string of the molecule is NC(=O)C(Cc1cnc[nH]1)NC(=O)C(Cc1ccccc1)NC(=O)C(CCCN=C(N)N)NC(=O)C(N)Cc1ccccc1. The first-order valence-electron chi connectivity index (χ1n) is 14.2. The molecule has 4 atom stereocenters. The average Bonchev–Trinajstić information content (AvgIpc) is 3.52. The van der Waals surface area contributed by atoms with Crippen LogP contribution < -0.4 is 38.9 Å². The van der Waals surface area contributed by atoms with Crippen molar-refractivity contribution in [3.05, 3.63) is 90.0 Å². The van der Waals surface area contributed by atoms with Gasteiger partial charge >= 0.3 is 0 Å². The van der Waals surface area contributed by atoms with Crippen LogP contribution in [0.5, 0.6) is 0 Å². The van der Waals surface area contributed by atoms with Crippen molar-refractivity contribution in [2.45, 2.75) is 56.3 Å². The molecule has 0 bridgehead atoms. The Bertz CT molecular complexity index is 1380. The molecule has 3 aromatic rings. The lowest BCUT2D eigenvalue weighted by Gasteiger charge is -2.25. The highest BCUT2D eigenvalue weighted by Gasteiger charge is 2.30. The zero-order valence-electron chi connectivity index (χ0n) is 24.3. The van der Waals surface area contributed by atoms with Gasteiger partial charge in [-0.15, -0.1) is 0 Å².